The Balaban J connectivity index is 2.08. The summed E-state index contributed by atoms with van der Waals surface area (Å²) in [7, 11) is 0. The molecule has 0 unspecified atom stereocenters. The van der Waals surface area contributed by atoms with Gasteiger partial charge in [-0.05, 0) is 31.4 Å². The second-order valence-corrected chi connectivity index (χ2v) is 5.15. The van der Waals surface area contributed by atoms with Crippen LogP contribution in [0.25, 0.3) is 0 Å². The monoisotopic (exact) mass is 243 g/mol. The van der Waals surface area contributed by atoms with E-state index in [0.717, 1.165) is 11.4 Å². The van der Waals surface area contributed by atoms with Crippen LogP contribution in [0.2, 0.25) is 0 Å². The third kappa shape index (κ3) is 3.22. The van der Waals surface area contributed by atoms with Gasteiger partial charge in [0.25, 0.3) is 0 Å². The molecular weight excluding hydrogens is 222 g/mol. The average Bonchev–Trinajstić information content (AvgIpc) is 2.32. The summed E-state index contributed by atoms with van der Waals surface area (Å²) in [6.07, 6.45) is 10.8. The maximum absolute atomic E-state index is 9.20. The quantitative estimate of drug-likeness (QED) is 0.859. The third-order valence-electron chi connectivity index (χ3n) is 3.72. The Morgan fingerprint density at radius 3 is 2.56 bits per heavy atom. The summed E-state index contributed by atoms with van der Waals surface area (Å²) in [5.41, 5.74) is 1.69. The highest BCUT2D eigenvalue weighted by molar-refractivity contribution is 5.55. The average molecular weight is 243 g/mol. The van der Waals surface area contributed by atoms with E-state index in [-0.39, 0.29) is 0 Å². The molecule has 0 spiro atoms. The van der Waals surface area contributed by atoms with Crippen molar-refractivity contribution in [2.75, 3.05) is 5.32 Å². The van der Waals surface area contributed by atoms with Gasteiger partial charge in [0.1, 0.15) is 11.9 Å². The molecule has 1 heterocycles. The Kier molecular flexibility index (Phi) is 4.58. The number of anilines is 1. The van der Waals surface area contributed by atoms with Gasteiger partial charge in [0.15, 0.2) is 0 Å². The maximum Gasteiger partial charge on any atom is 0.144 e. The second-order valence-electron chi connectivity index (χ2n) is 5.15. The van der Waals surface area contributed by atoms with Crippen LogP contribution in [-0.4, -0.2) is 11.0 Å². The van der Waals surface area contributed by atoms with Crippen molar-refractivity contribution in [3.63, 3.8) is 0 Å². The number of nitrogens with zero attached hydrogens (tertiary/aromatic N) is 2. The SMILES string of the molecule is Cc1ccnc(NC2CCCCCCC2)c1C#N. The van der Waals surface area contributed by atoms with E-state index < -0.39 is 0 Å². The van der Waals surface area contributed by atoms with E-state index in [1.54, 1.807) is 6.20 Å². The van der Waals surface area contributed by atoms with Crippen LogP contribution < -0.4 is 5.32 Å². The predicted octanol–water partition coefficient (Wildman–Crippen LogP) is 3.79. The number of nitrogens with one attached hydrogen (secondary N) is 1. The summed E-state index contributed by atoms with van der Waals surface area (Å²) in [4.78, 5) is 4.32. The van der Waals surface area contributed by atoms with E-state index in [0.29, 0.717) is 11.6 Å². The van der Waals surface area contributed by atoms with E-state index in [2.05, 4.69) is 16.4 Å². The Labute approximate surface area is 109 Å². The van der Waals surface area contributed by atoms with Crippen LogP contribution >= 0.6 is 0 Å². The van der Waals surface area contributed by atoms with Gasteiger partial charge in [-0.3, -0.25) is 0 Å². The molecule has 0 aromatic carbocycles. The van der Waals surface area contributed by atoms with Gasteiger partial charge in [-0.25, -0.2) is 4.98 Å². The standard InChI is InChI=1S/C15H21N3/c1-12-9-10-17-15(14(12)11-16)18-13-7-5-3-2-4-6-8-13/h9-10,13H,2-8H2,1H3,(H,17,18). The Morgan fingerprint density at radius 1 is 1.22 bits per heavy atom. The third-order valence-corrected chi connectivity index (χ3v) is 3.72. The first kappa shape index (κ1) is 12.9. The van der Waals surface area contributed by atoms with Crippen molar-refractivity contribution in [2.24, 2.45) is 0 Å². The van der Waals surface area contributed by atoms with Gasteiger partial charge in [-0.15, -0.1) is 0 Å². The fourth-order valence-corrected chi connectivity index (χ4v) is 2.60. The zero-order chi connectivity index (χ0) is 12.8. The second kappa shape index (κ2) is 6.39. The first-order valence-electron chi connectivity index (χ1n) is 6.93. The van der Waals surface area contributed by atoms with Crippen LogP contribution in [0.1, 0.15) is 56.1 Å². The molecule has 0 aliphatic heterocycles. The fraction of sp³-hybridized carbons (Fsp3) is 0.600. The molecule has 0 amide bonds. The number of hydrogen-bond donors (Lipinski definition) is 1. The molecule has 1 aliphatic rings. The van der Waals surface area contributed by atoms with Crippen molar-refractivity contribution >= 4 is 5.82 Å². The van der Waals surface area contributed by atoms with Gasteiger partial charge in [-0.2, -0.15) is 5.26 Å². The minimum Gasteiger partial charge on any atom is -0.366 e. The number of pyridine rings is 1. The molecule has 1 fully saturated rings. The normalized spacial score (nSPS) is 17.6. The molecule has 96 valence electrons. The van der Waals surface area contributed by atoms with Crippen molar-refractivity contribution in [3.05, 3.63) is 23.4 Å². The smallest absolute Gasteiger partial charge is 0.144 e. The summed E-state index contributed by atoms with van der Waals surface area (Å²) in [5.74, 6) is 0.767. The highest BCUT2D eigenvalue weighted by atomic mass is 15.0. The number of aryl methyl sites for hydroxylation is 1. The van der Waals surface area contributed by atoms with Gasteiger partial charge in [-0.1, -0.05) is 32.1 Å². The van der Waals surface area contributed by atoms with Crippen LogP contribution in [0, 0.1) is 18.3 Å². The molecule has 0 bridgehead atoms. The molecule has 1 aliphatic carbocycles. The first-order valence-corrected chi connectivity index (χ1v) is 6.93. The van der Waals surface area contributed by atoms with E-state index >= 15 is 0 Å². The number of aromatic nitrogens is 1. The lowest BCUT2D eigenvalue weighted by molar-refractivity contribution is 0.470. The zero-order valence-corrected chi connectivity index (χ0v) is 11.1. The topological polar surface area (TPSA) is 48.7 Å². The zero-order valence-electron chi connectivity index (χ0n) is 11.1. The van der Waals surface area contributed by atoms with Crippen molar-refractivity contribution in [2.45, 2.75) is 57.9 Å². The largest absolute Gasteiger partial charge is 0.366 e. The lowest BCUT2D eigenvalue weighted by atomic mass is 9.96. The molecule has 0 radical (unpaired) electrons. The molecule has 3 nitrogen and oxygen atoms in total. The molecular formula is C15H21N3. The van der Waals surface area contributed by atoms with E-state index in [9.17, 15) is 5.26 Å². The van der Waals surface area contributed by atoms with Crippen molar-refractivity contribution in [3.8, 4) is 6.07 Å². The van der Waals surface area contributed by atoms with Crippen molar-refractivity contribution in [1.82, 2.24) is 4.98 Å². The Morgan fingerprint density at radius 2 is 1.89 bits per heavy atom. The van der Waals surface area contributed by atoms with Gasteiger partial charge < -0.3 is 5.32 Å². The lowest BCUT2D eigenvalue weighted by Gasteiger charge is -2.22. The molecule has 1 aromatic rings. The minimum atomic E-state index is 0.478. The highest BCUT2D eigenvalue weighted by Gasteiger charge is 2.14. The number of rotatable bonds is 2. The first-order chi connectivity index (χ1) is 8.81. The molecule has 2 rings (SSSR count). The summed E-state index contributed by atoms with van der Waals surface area (Å²) in [6, 6.07) is 4.63. The van der Waals surface area contributed by atoms with Crippen LogP contribution in [-0.2, 0) is 0 Å². The van der Waals surface area contributed by atoms with Gasteiger partial charge in [0.2, 0.25) is 0 Å². The summed E-state index contributed by atoms with van der Waals surface area (Å²) in [6.45, 7) is 1.96. The molecule has 1 saturated carbocycles. The minimum absolute atomic E-state index is 0.478. The van der Waals surface area contributed by atoms with Crippen molar-refractivity contribution in [1.29, 1.82) is 5.26 Å². The molecule has 18 heavy (non-hydrogen) atoms. The molecule has 1 N–H and O–H groups in total. The fourth-order valence-electron chi connectivity index (χ4n) is 2.60. The Hall–Kier alpha value is -1.56. The predicted molar refractivity (Wildman–Crippen MR) is 73.4 cm³/mol. The van der Waals surface area contributed by atoms with Crippen LogP contribution in [0.4, 0.5) is 5.82 Å². The summed E-state index contributed by atoms with van der Waals surface area (Å²) >= 11 is 0. The number of nitriles is 1. The van der Waals surface area contributed by atoms with E-state index in [1.165, 1.54) is 44.9 Å². The Bertz CT molecular complexity index is 426. The van der Waals surface area contributed by atoms with Crippen molar-refractivity contribution < 1.29 is 0 Å². The van der Waals surface area contributed by atoms with Gasteiger partial charge in [0, 0.05) is 12.2 Å². The van der Waals surface area contributed by atoms with E-state index in [1.807, 2.05) is 13.0 Å². The van der Waals surface area contributed by atoms with Gasteiger partial charge in [0.05, 0.1) is 5.56 Å². The van der Waals surface area contributed by atoms with Crippen LogP contribution in [0.5, 0.6) is 0 Å². The van der Waals surface area contributed by atoms with Gasteiger partial charge >= 0.3 is 0 Å². The molecule has 3 heteroatoms. The number of hydrogen-bond acceptors (Lipinski definition) is 3. The lowest BCUT2D eigenvalue weighted by Crippen LogP contribution is -2.22. The molecule has 0 saturated heterocycles. The molecule has 1 aromatic heterocycles. The summed E-state index contributed by atoms with van der Waals surface area (Å²) < 4.78 is 0. The molecule has 0 atom stereocenters. The highest BCUT2D eigenvalue weighted by Crippen LogP contribution is 2.22. The van der Waals surface area contributed by atoms with Crippen LogP contribution in [0.3, 0.4) is 0 Å². The van der Waals surface area contributed by atoms with Crippen LogP contribution in [0.15, 0.2) is 12.3 Å². The van der Waals surface area contributed by atoms with E-state index in [4.69, 9.17) is 0 Å². The summed E-state index contributed by atoms with van der Waals surface area (Å²) in [5, 5.41) is 12.7. The maximum atomic E-state index is 9.20.